The minimum absolute atomic E-state index is 0.243. The molecule has 0 fully saturated rings. The molecule has 0 aromatic carbocycles. The summed E-state index contributed by atoms with van der Waals surface area (Å²) in [6.45, 7) is 10.7. The number of carbonyl (C=O) groups is 1. The van der Waals surface area contributed by atoms with Crippen LogP contribution in [-0.2, 0) is 4.79 Å². The van der Waals surface area contributed by atoms with Crippen molar-refractivity contribution < 1.29 is 4.79 Å². The second-order valence-electron chi connectivity index (χ2n) is 4.60. The van der Waals surface area contributed by atoms with Crippen molar-refractivity contribution in [1.29, 1.82) is 0 Å². The van der Waals surface area contributed by atoms with Crippen LogP contribution in [0.2, 0.25) is 0 Å². The number of rotatable bonds is 6. The molecule has 0 aromatic rings. The van der Waals surface area contributed by atoms with Crippen LogP contribution < -0.4 is 5.32 Å². The Morgan fingerprint density at radius 2 is 1.87 bits per heavy atom. The molecule has 0 aliphatic rings. The molecule has 15 heavy (non-hydrogen) atoms. The maximum Gasteiger partial charge on any atom is 0.211 e. The van der Waals surface area contributed by atoms with Gasteiger partial charge in [-0.15, -0.1) is 0 Å². The molecule has 1 amide bonds. The molecular weight excluding hydrogens is 186 g/mol. The first-order valence-corrected chi connectivity index (χ1v) is 5.50. The van der Waals surface area contributed by atoms with E-state index in [-0.39, 0.29) is 5.41 Å². The largest absolute Gasteiger partial charge is 0.333 e. The lowest BCUT2D eigenvalue weighted by molar-refractivity contribution is -0.108. The Bertz CT molecular complexity index is 262. The normalized spacial score (nSPS) is 13.9. The molecule has 0 spiro atoms. The van der Waals surface area contributed by atoms with Gasteiger partial charge in [-0.25, -0.2) is 0 Å². The van der Waals surface area contributed by atoms with E-state index in [0.29, 0.717) is 6.41 Å². The topological polar surface area (TPSA) is 29.1 Å². The summed E-state index contributed by atoms with van der Waals surface area (Å²) in [4.78, 5) is 10.2. The zero-order valence-electron chi connectivity index (χ0n) is 10.6. The van der Waals surface area contributed by atoms with Crippen LogP contribution in [0.3, 0.4) is 0 Å². The Morgan fingerprint density at radius 1 is 1.27 bits per heavy atom. The molecule has 0 heterocycles. The van der Waals surface area contributed by atoms with Crippen molar-refractivity contribution in [3.8, 4) is 0 Å². The summed E-state index contributed by atoms with van der Waals surface area (Å²) in [5.41, 5.74) is 2.46. The van der Waals surface area contributed by atoms with Crippen LogP contribution in [-0.4, -0.2) is 6.41 Å². The predicted octanol–water partition coefficient (Wildman–Crippen LogP) is 3.41. The summed E-state index contributed by atoms with van der Waals surface area (Å²) in [5, 5.41) is 2.62. The van der Waals surface area contributed by atoms with Crippen LogP contribution in [0, 0.1) is 5.41 Å². The van der Waals surface area contributed by atoms with E-state index in [0.717, 1.165) is 5.70 Å². The van der Waals surface area contributed by atoms with Crippen molar-refractivity contribution in [3.63, 3.8) is 0 Å². The fourth-order valence-corrected chi connectivity index (χ4v) is 1.44. The molecule has 2 nitrogen and oxygen atoms in total. The first kappa shape index (κ1) is 13.9. The highest BCUT2D eigenvalue weighted by Gasteiger charge is 2.17. The first-order valence-electron chi connectivity index (χ1n) is 5.50. The van der Waals surface area contributed by atoms with Gasteiger partial charge in [-0.2, -0.15) is 0 Å². The highest BCUT2D eigenvalue weighted by Crippen LogP contribution is 2.31. The second-order valence-corrected chi connectivity index (χ2v) is 4.60. The fourth-order valence-electron chi connectivity index (χ4n) is 1.44. The SMILES string of the molecule is CCCC(C)(C)/C(C)=C/C=C(\C)NC=O. The van der Waals surface area contributed by atoms with Gasteiger partial charge in [0.1, 0.15) is 0 Å². The van der Waals surface area contributed by atoms with Gasteiger partial charge in [-0.3, -0.25) is 4.79 Å². The van der Waals surface area contributed by atoms with Crippen LogP contribution in [0.1, 0.15) is 47.5 Å². The van der Waals surface area contributed by atoms with Crippen LogP contribution in [0.5, 0.6) is 0 Å². The number of carbonyl (C=O) groups excluding carboxylic acids is 1. The van der Waals surface area contributed by atoms with Gasteiger partial charge in [0.15, 0.2) is 0 Å². The second kappa shape index (κ2) is 6.44. The maximum absolute atomic E-state index is 10.2. The fraction of sp³-hybridized carbons (Fsp3) is 0.615. The molecule has 0 saturated heterocycles. The van der Waals surface area contributed by atoms with E-state index >= 15 is 0 Å². The zero-order valence-corrected chi connectivity index (χ0v) is 10.6. The number of amides is 1. The van der Waals surface area contributed by atoms with Gasteiger partial charge in [0.2, 0.25) is 6.41 Å². The van der Waals surface area contributed by atoms with E-state index < -0.39 is 0 Å². The molecule has 86 valence electrons. The summed E-state index contributed by atoms with van der Waals surface area (Å²) in [6, 6.07) is 0. The van der Waals surface area contributed by atoms with Crippen molar-refractivity contribution in [2.24, 2.45) is 5.41 Å². The Morgan fingerprint density at radius 3 is 2.33 bits per heavy atom. The van der Waals surface area contributed by atoms with Crippen molar-refractivity contribution >= 4 is 6.41 Å². The minimum atomic E-state index is 0.243. The van der Waals surface area contributed by atoms with Crippen molar-refractivity contribution in [2.45, 2.75) is 47.5 Å². The third-order valence-electron chi connectivity index (χ3n) is 2.81. The van der Waals surface area contributed by atoms with E-state index in [1.165, 1.54) is 18.4 Å². The first-order chi connectivity index (χ1) is 6.94. The molecule has 0 unspecified atom stereocenters. The molecule has 2 heteroatoms. The standard InChI is InChI=1S/C13H23NO/c1-6-9-13(4,5)11(2)7-8-12(3)14-10-15/h7-8,10H,6,9H2,1-5H3,(H,14,15)/b11-7+,12-8+. The van der Waals surface area contributed by atoms with Crippen molar-refractivity contribution in [1.82, 2.24) is 5.32 Å². The highest BCUT2D eigenvalue weighted by atomic mass is 16.1. The number of allylic oxidation sites excluding steroid dienone is 4. The number of nitrogens with one attached hydrogen (secondary N) is 1. The number of hydrogen-bond donors (Lipinski definition) is 1. The van der Waals surface area contributed by atoms with Crippen LogP contribution in [0.4, 0.5) is 0 Å². The molecule has 0 atom stereocenters. The lowest BCUT2D eigenvalue weighted by Gasteiger charge is -2.25. The van der Waals surface area contributed by atoms with Gasteiger partial charge >= 0.3 is 0 Å². The quantitative estimate of drug-likeness (QED) is 0.527. The maximum atomic E-state index is 10.2. The zero-order chi connectivity index (χ0) is 11.9. The van der Waals surface area contributed by atoms with Crippen molar-refractivity contribution in [2.75, 3.05) is 0 Å². The van der Waals surface area contributed by atoms with Crippen LogP contribution in [0.15, 0.2) is 23.4 Å². The van der Waals surface area contributed by atoms with E-state index in [1.54, 1.807) is 0 Å². The van der Waals surface area contributed by atoms with E-state index in [2.05, 4.69) is 39.1 Å². The lowest BCUT2D eigenvalue weighted by atomic mass is 9.81. The predicted molar refractivity (Wildman–Crippen MR) is 65.4 cm³/mol. The third-order valence-corrected chi connectivity index (χ3v) is 2.81. The Hall–Kier alpha value is -1.05. The Labute approximate surface area is 93.5 Å². The van der Waals surface area contributed by atoms with Crippen molar-refractivity contribution in [3.05, 3.63) is 23.4 Å². The van der Waals surface area contributed by atoms with E-state index in [9.17, 15) is 4.79 Å². The van der Waals surface area contributed by atoms with Gasteiger partial charge in [0, 0.05) is 5.70 Å². The average molecular weight is 209 g/mol. The van der Waals surface area contributed by atoms with Gasteiger partial charge in [0.25, 0.3) is 0 Å². The Kier molecular flexibility index (Phi) is 5.99. The Balaban J connectivity index is 4.54. The van der Waals surface area contributed by atoms with Gasteiger partial charge < -0.3 is 5.32 Å². The summed E-state index contributed by atoms with van der Waals surface area (Å²) in [5.74, 6) is 0. The van der Waals surface area contributed by atoms with E-state index in [1.807, 2.05) is 13.0 Å². The molecule has 0 saturated carbocycles. The van der Waals surface area contributed by atoms with Crippen LogP contribution >= 0.6 is 0 Å². The summed E-state index contributed by atoms with van der Waals surface area (Å²) in [7, 11) is 0. The molecule has 1 N–H and O–H groups in total. The van der Waals surface area contributed by atoms with E-state index in [4.69, 9.17) is 0 Å². The molecule has 0 aliphatic heterocycles. The molecule has 0 rings (SSSR count). The molecule has 0 radical (unpaired) electrons. The van der Waals surface area contributed by atoms with Crippen LogP contribution in [0.25, 0.3) is 0 Å². The monoisotopic (exact) mass is 209 g/mol. The highest BCUT2D eigenvalue weighted by molar-refractivity contribution is 5.50. The molecule has 0 aromatic heterocycles. The summed E-state index contributed by atoms with van der Waals surface area (Å²) in [6.07, 6.45) is 7.10. The average Bonchev–Trinajstić information content (AvgIpc) is 2.14. The van der Waals surface area contributed by atoms with Gasteiger partial charge in [-0.1, -0.05) is 38.8 Å². The third kappa shape index (κ3) is 5.40. The summed E-state index contributed by atoms with van der Waals surface area (Å²) < 4.78 is 0. The lowest BCUT2D eigenvalue weighted by Crippen LogP contribution is -2.12. The minimum Gasteiger partial charge on any atom is -0.333 e. The van der Waals surface area contributed by atoms with Gasteiger partial charge in [0.05, 0.1) is 0 Å². The van der Waals surface area contributed by atoms with Gasteiger partial charge in [-0.05, 0) is 31.8 Å². The summed E-state index contributed by atoms with van der Waals surface area (Å²) >= 11 is 0. The smallest absolute Gasteiger partial charge is 0.211 e. The number of hydrogen-bond acceptors (Lipinski definition) is 1. The molecular formula is C13H23NO. The molecule has 0 bridgehead atoms. The molecule has 0 aliphatic carbocycles.